The lowest BCUT2D eigenvalue weighted by Gasteiger charge is -2.37. The van der Waals surface area contributed by atoms with Crippen LogP contribution < -0.4 is 4.90 Å². The molecule has 0 aliphatic heterocycles. The van der Waals surface area contributed by atoms with E-state index in [9.17, 15) is 9.50 Å². The van der Waals surface area contributed by atoms with E-state index in [2.05, 4.69) is 18.9 Å². The second kappa shape index (κ2) is 5.91. The quantitative estimate of drug-likeness (QED) is 0.896. The zero-order valence-electron chi connectivity index (χ0n) is 12.1. The fourth-order valence-electron chi connectivity index (χ4n) is 3.13. The van der Waals surface area contributed by atoms with Gasteiger partial charge in [-0.1, -0.05) is 19.8 Å². The molecule has 19 heavy (non-hydrogen) atoms. The summed E-state index contributed by atoms with van der Waals surface area (Å²) in [6.07, 6.45) is 4.26. The Hall–Kier alpha value is -1.09. The summed E-state index contributed by atoms with van der Waals surface area (Å²) in [5, 5.41) is 9.83. The smallest absolute Gasteiger partial charge is 0.123 e. The number of hydrogen-bond donors (Lipinski definition) is 1. The Morgan fingerprint density at radius 3 is 2.74 bits per heavy atom. The number of nitrogens with zero attached hydrogens (tertiary/aromatic N) is 1. The van der Waals surface area contributed by atoms with Gasteiger partial charge < -0.3 is 10.0 Å². The lowest BCUT2D eigenvalue weighted by Crippen LogP contribution is -2.36. The summed E-state index contributed by atoms with van der Waals surface area (Å²) in [5.74, 6) is 0.460. The third kappa shape index (κ3) is 3.27. The van der Waals surface area contributed by atoms with Gasteiger partial charge in [-0.15, -0.1) is 0 Å². The summed E-state index contributed by atoms with van der Waals surface area (Å²) >= 11 is 0. The molecule has 1 aliphatic carbocycles. The summed E-state index contributed by atoms with van der Waals surface area (Å²) in [4.78, 5) is 2.22. The van der Waals surface area contributed by atoms with Gasteiger partial charge in [-0.3, -0.25) is 0 Å². The van der Waals surface area contributed by atoms with Crippen molar-refractivity contribution in [3.63, 3.8) is 0 Å². The van der Waals surface area contributed by atoms with E-state index < -0.39 is 6.10 Å². The second-order valence-corrected chi connectivity index (χ2v) is 5.92. The normalized spacial score (nSPS) is 25.1. The molecule has 2 rings (SSSR count). The van der Waals surface area contributed by atoms with Gasteiger partial charge in [0.05, 0.1) is 6.10 Å². The number of aliphatic hydroxyl groups is 1. The first-order chi connectivity index (χ1) is 8.99. The van der Waals surface area contributed by atoms with Crippen LogP contribution in [-0.4, -0.2) is 18.2 Å². The lowest BCUT2D eigenvalue weighted by molar-refractivity contribution is 0.199. The molecule has 1 aromatic carbocycles. The molecule has 3 atom stereocenters. The fourth-order valence-corrected chi connectivity index (χ4v) is 3.13. The Bertz CT molecular complexity index is 433. The molecule has 1 aliphatic rings. The van der Waals surface area contributed by atoms with Gasteiger partial charge in [0.2, 0.25) is 0 Å². The van der Waals surface area contributed by atoms with E-state index in [-0.39, 0.29) is 5.82 Å². The summed E-state index contributed by atoms with van der Waals surface area (Å²) in [6.45, 7) is 3.98. The highest BCUT2D eigenvalue weighted by molar-refractivity contribution is 5.55. The molecule has 0 saturated heterocycles. The van der Waals surface area contributed by atoms with Gasteiger partial charge in [-0.25, -0.2) is 4.39 Å². The largest absolute Gasteiger partial charge is 0.389 e. The molecule has 1 N–H and O–H groups in total. The molecular weight excluding hydrogens is 241 g/mol. The van der Waals surface area contributed by atoms with Crippen molar-refractivity contribution < 1.29 is 9.50 Å². The van der Waals surface area contributed by atoms with Gasteiger partial charge in [-0.05, 0) is 43.9 Å². The first-order valence-electron chi connectivity index (χ1n) is 7.19. The predicted molar refractivity (Wildman–Crippen MR) is 76.9 cm³/mol. The molecule has 0 amide bonds. The number of anilines is 1. The van der Waals surface area contributed by atoms with Crippen molar-refractivity contribution in [3.05, 3.63) is 29.6 Å². The predicted octanol–water partition coefficient (Wildman–Crippen LogP) is 3.89. The average molecular weight is 265 g/mol. The van der Waals surface area contributed by atoms with Crippen LogP contribution in [0.15, 0.2) is 18.2 Å². The number of aliphatic hydroxyl groups excluding tert-OH is 1. The Morgan fingerprint density at radius 2 is 2.11 bits per heavy atom. The second-order valence-electron chi connectivity index (χ2n) is 5.92. The molecule has 2 nitrogen and oxygen atoms in total. The Kier molecular flexibility index (Phi) is 4.46. The molecule has 1 aromatic rings. The van der Waals surface area contributed by atoms with Crippen LogP contribution in [0.2, 0.25) is 0 Å². The average Bonchev–Trinajstić information content (AvgIpc) is 2.37. The van der Waals surface area contributed by atoms with E-state index >= 15 is 0 Å². The van der Waals surface area contributed by atoms with Gasteiger partial charge in [0, 0.05) is 24.3 Å². The molecule has 0 spiro atoms. The first kappa shape index (κ1) is 14.3. The van der Waals surface area contributed by atoms with Crippen molar-refractivity contribution in [2.24, 2.45) is 5.92 Å². The van der Waals surface area contributed by atoms with Crippen LogP contribution in [-0.2, 0) is 0 Å². The van der Waals surface area contributed by atoms with Crippen LogP contribution in [0.25, 0.3) is 0 Å². The molecule has 3 unspecified atom stereocenters. The summed E-state index contributed by atoms with van der Waals surface area (Å²) < 4.78 is 13.3. The Morgan fingerprint density at radius 1 is 1.37 bits per heavy atom. The summed E-state index contributed by atoms with van der Waals surface area (Å²) in [6, 6.07) is 5.20. The number of halogens is 1. The summed E-state index contributed by atoms with van der Waals surface area (Å²) in [7, 11) is 2.06. The molecule has 0 radical (unpaired) electrons. The fraction of sp³-hybridized carbons (Fsp3) is 0.625. The summed E-state index contributed by atoms with van der Waals surface area (Å²) in [5.41, 5.74) is 1.64. The Balaban J connectivity index is 2.25. The van der Waals surface area contributed by atoms with Gasteiger partial charge in [0.15, 0.2) is 0 Å². The SMILES string of the molecule is CC1CCCC(N(C)c2ccc(F)cc2C(C)O)C1. The first-order valence-corrected chi connectivity index (χ1v) is 7.19. The highest BCUT2D eigenvalue weighted by Crippen LogP contribution is 2.33. The van der Waals surface area contributed by atoms with E-state index in [0.29, 0.717) is 11.6 Å². The Labute approximate surface area is 115 Å². The number of benzene rings is 1. The minimum absolute atomic E-state index is 0.287. The number of rotatable bonds is 3. The van der Waals surface area contributed by atoms with Crippen LogP contribution in [0.3, 0.4) is 0 Å². The molecule has 0 heterocycles. The van der Waals surface area contributed by atoms with Gasteiger partial charge in [-0.2, -0.15) is 0 Å². The van der Waals surface area contributed by atoms with Crippen molar-refractivity contribution in [2.75, 3.05) is 11.9 Å². The van der Waals surface area contributed by atoms with Gasteiger partial charge in [0.25, 0.3) is 0 Å². The van der Waals surface area contributed by atoms with E-state index in [1.807, 2.05) is 0 Å². The maximum absolute atomic E-state index is 13.3. The minimum atomic E-state index is -0.644. The van der Waals surface area contributed by atoms with Gasteiger partial charge in [0.1, 0.15) is 5.82 Å². The number of hydrogen-bond acceptors (Lipinski definition) is 2. The molecule has 1 fully saturated rings. The molecule has 0 bridgehead atoms. The van der Waals surface area contributed by atoms with E-state index in [0.717, 1.165) is 11.6 Å². The van der Waals surface area contributed by atoms with Crippen molar-refractivity contribution >= 4 is 5.69 Å². The molecule has 3 heteroatoms. The van der Waals surface area contributed by atoms with Crippen LogP contribution in [0.5, 0.6) is 0 Å². The van der Waals surface area contributed by atoms with Crippen LogP contribution in [0.1, 0.15) is 51.2 Å². The molecule has 0 aromatic heterocycles. The maximum atomic E-state index is 13.3. The highest BCUT2D eigenvalue weighted by atomic mass is 19.1. The minimum Gasteiger partial charge on any atom is -0.389 e. The van der Waals surface area contributed by atoms with Crippen molar-refractivity contribution in [1.82, 2.24) is 0 Å². The van der Waals surface area contributed by atoms with E-state index in [1.165, 1.54) is 37.8 Å². The van der Waals surface area contributed by atoms with Crippen LogP contribution in [0, 0.1) is 11.7 Å². The topological polar surface area (TPSA) is 23.5 Å². The zero-order valence-corrected chi connectivity index (χ0v) is 12.1. The van der Waals surface area contributed by atoms with Crippen LogP contribution in [0.4, 0.5) is 10.1 Å². The molecule has 106 valence electrons. The van der Waals surface area contributed by atoms with Crippen molar-refractivity contribution in [2.45, 2.75) is 51.7 Å². The van der Waals surface area contributed by atoms with E-state index in [1.54, 1.807) is 13.0 Å². The third-order valence-corrected chi connectivity index (χ3v) is 4.28. The standard InChI is InChI=1S/C16H24FNO/c1-11-5-4-6-14(9-11)18(3)16-8-7-13(17)10-15(16)12(2)19/h7-8,10-12,14,19H,4-6,9H2,1-3H3. The van der Waals surface area contributed by atoms with Crippen molar-refractivity contribution in [3.8, 4) is 0 Å². The monoisotopic (exact) mass is 265 g/mol. The molecule has 1 saturated carbocycles. The third-order valence-electron chi connectivity index (χ3n) is 4.28. The maximum Gasteiger partial charge on any atom is 0.123 e. The van der Waals surface area contributed by atoms with E-state index in [4.69, 9.17) is 0 Å². The highest BCUT2D eigenvalue weighted by Gasteiger charge is 2.24. The molecular formula is C16H24FNO. The van der Waals surface area contributed by atoms with Crippen LogP contribution >= 0.6 is 0 Å². The van der Waals surface area contributed by atoms with Gasteiger partial charge >= 0.3 is 0 Å². The van der Waals surface area contributed by atoms with Crippen molar-refractivity contribution in [1.29, 1.82) is 0 Å². The lowest BCUT2D eigenvalue weighted by atomic mass is 9.86. The zero-order chi connectivity index (χ0) is 14.0.